The topological polar surface area (TPSA) is 42.4 Å². The van der Waals surface area contributed by atoms with Crippen molar-refractivity contribution in [1.29, 1.82) is 0 Å². The number of hydrogen-bond donors (Lipinski definition) is 1. The summed E-state index contributed by atoms with van der Waals surface area (Å²) < 4.78 is 5.12. The van der Waals surface area contributed by atoms with Crippen LogP contribution in [0.3, 0.4) is 0 Å². The van der Waals surface area contributed by atoms with Gasteiger partial charge < -0.3 is 10.2 Å². The summed E-state index contributed by atoms with van der Waals surface area (Å²) in [5, 5.41) is 0. The molecule has 1 rings (SSSR count). The van der Waals surface area contributed by atoms with Gasteiger partial charge in [0.15, 0.2) is 0 Å². The summed E-state index contributed by atoms with van der Waals surface area (Å²) in [6.07, 6.45) is 4.65. The summed E-state index contributed by atoms with van der Waals surface area (Å²) in [5.74, 6) is 0. The first kappa shape index (κ1) is 12.3. The molecule has 0 aliphatic heterocycles. The van der Waals surface area contributed by atoms with E-state index in [2.05, 4.69) is 25.7 Å². The summed E-state index contributed by atoms with van der Waals surface area (Å²) in [6, 6.07) is 2.79. The fourth-order valence-electron chi connectivity index (χ4n) is 1.96. The van der Waals surface area contributed by atoms with Crippen molar-refractivity contribution in [1.82, 2.24) is 4.90 Å². The maximum absolute atomic E-state index is 5.85. The Balaban J connectivity index is 2.78. The average Bonchev–Trinajstić information content (AvgIpc) is 2.71. The predicted molar refractivity (Wildman–Crippen MR) is 62.6 cm³/mol. The van der Waals surface area contributed by atoms with Gasteiger partial charge in [0, 0.05) is 18.2 Å². The zero-order valence-electron chi connectivity index (χ0n) is 9.94. The highest BCUT2D eigenvalue weighted by Crippen LogP contribution is 2.22. The third kappa shape index (κ3) is 3.08. The van der Waals surface area contributed by atoms with Gasteiger partial charge in [-0.3, -0.25) is 4.90 Å². The van der Waals surface area contributed by atoms with E-state index in [0.29, 0.717) is 12.6 Å². The van der Waals surface area contributed by atoms with Crippen LogP contribution in [-0.2, 0) is 0 Å². The van der Waals surface area contributed by atoms with Crippen LogP contribution in [-0.4, -0.2) is 24.0 Å². The molecule has 0 saturated heterocycles. The molecule has 0 aliphatic rings. The molecular weight excluding hydrogens is 188 g/mol. The van der Waals surface area contributed by atoms with E-state index < -0.39 is 0 Å². The lowest BCUT2D eigenvalue weighted by Gasteiger charge is -2.33. The van der Waals surface area contributed by atoms with Crippen LogP contribution in [0.15, 0.2) is 23.0 Å². The highest BCUT2D eigenvalue weighted by atomic mass is 16.3. The molecule has 0 amide bonds. The molecule has 1 unspecified atom stereocenters. The Labute approximate surface area is 92.2 Å². The molecule has 0 aliphatic carbocycles. The van der Waals surface area contributed by atoms with Gasteiger partial charge >= 0.3 is 0 Å². The molecule has 0 aromatic carbocycles. The van der Waals surface area contributed by atoms with Crippen LogP contribution >= 0.6 is 0 Å². The van der Waals surface area contributed by atoms with Crippen molar-refractivity contribution < 1.29 is 4.42 Å². The zero-order valence-corrected chi connectivity index (χ0v) is 9.94. The number of furan rings is 1. The molecule has 0 fully saturated rings. The second kappa shape index (κ2) is 5.93. The van der Waals surface area contributed by atoms with E-state index >= 15 is 0 Å². The summed E-state index contributed by atoms with van der Waals surface area (Å²) >= 11 is 0. The average molecular weight is 210 g/mol. The van der Waals surface area contributed by atoms with Crippen molar-refractivity contribution in [2.45, 2.75) is 39.3 Å². The van der Waals surface area contributed by atoms with Crippen molar-refractivity contribution in [3.05, 3.63) is 24.2 Å². The van der Waals surface area contributed by atoms with Crippen LogP contribution < -0.4 is 5.73 Å². The normalized spacial score (nSPS) is 13.7. The third-order valence-electron chi connectivity index (χ3n) is 2.70. The van der Waals surface area contributed by atoms with E-state index in [9.17, 15) is 0 Å². The molecule has 0 radical (unpaired) electrons. The highest BCUT2D eigenvalue weighted by molar-refractivity contribution is 5.12. The molecule has 2 N–H and O–H groups in total. The lowest BCUT2D eigenvalue weighted by molar-refractivity contribution is 0.157. The van der Waals surface area contributed by atoms with Gasteiger partial charge in [-0.15, -0.1) is 0 Å². The highest BCUT2D eigenvalue weighted by Gasteiger charge is 2.21. The first-order chi connectivity index (χ1) is 7.20. The summed E-state index contributed by atoms with van der Waals surface area (Å²) in [6.45, 7) is 8.32. The fraction of sp³-hybridized carbons (Fsp3) is 0.667. The van der Waals surface area contributed by atoms with Gasteiger partial charge in [-0.2, -0.15) is 0 Å². The Morgan fingerprint density at radius 1 is 1.47 bits per heavy atom. The monoisotopic (exact) mass is 210 g/mol. The fourth-order valence-corrected chi connectivity index (χ4v) is 1.96. The molecule has 3 heteroatoms. The van der Waals surface area contributed by atoms with E-state index in [1.54, 1.807) is 12.5 Å². The van der Waals surface area contributed by atoms with Gasteiger partial charge in [-0.25, -0.2) is 0 Å². The first-order valence-electron chi connectivity index (χ1n) is 5.68. The van der Waals surface area contributed by atoms with Crippen LogP contribution in [0.2, 0.25) is 0 Å². The molecular formula is C12H22N2O. The van der Waals surface area contributed by atoms with E-state index in [-0.39, 0.29) is 6.04 Å². The number of nitrogens with zero attached hydrogens (tertiary/aromatic N) is 1. The van der Waals surface area contributed by atoms with Crippen molar-refractivity contribution in [2.24, 2.45) is 5.73 Å². The van der Waals surface area contributed by atoms with Crippen molar-refractivity contribution in [2.75, 3.05) is 13.1 Å². The van der Waals surface area contributed by atoms with Gasteiger partial charge in [0.25, 0.3) is 0 Å². The predicted octanol–water partition coefficient (Wildman–Crippen LogP) is 2.40. The van der Waals surface area contributed by atoms with E-state index in [1.807, 2.05) is 6.07 Å². The van der Waals surface area contributed by atoms with Crippen LogP contribution in [0.25, 0.3) is 0 Å². The molecule has 0 bridgehead atoms. The van der Waals surface area contributed by atoms with E-state index in [1.165, 1.54) is 5.56 Å². The number of rotatable bonds is 6. The Morgan fingerprint density at radius 2 is 2.20 bits per heavy atom. The molecule has 86 valence electrons. The molecule has 0 spiro atoms. The first-order valence-corrected chi connectivity index (χ1v) is 5.68. The number of nitrogens with two attached hydrogens (primary N) is 1. The standard InChI is InChI=1S/C12H22N2O/c1-4-6-14(10(2)3)12(8-13)11-5-7-15-9-11/h5,7,9-10,12H,4,6,8,13H2,1-3H3. The Bertz CT molecular complexity index is 257. The molecule has 15 heavy (non-hydrogen) atoms. The Hall–Kier alpha value is -0.800. The summed E-state index contributed by atoms with van der Waals surface area (Å²) in [7, 11) is 0. The second-order valence-electron chi connectivity index (χ2n) is 4.14. The minimum atomic E-state index is 0.281. The van der Waals surface area contributed by atoms with Crippen LogP contribution in [0, 0.1) is 0 Å². The quantitative estimate of drug-likeness (QED) is 0.784. The molecule has 3 nitrogen and oxygen atoms in total. The molecule has 1 aromatic heterocycles. The van der Waals surface area contributed by atoms with Gasteiger partial charge in [0.2, 0.25) is 0 Å². The molecule has 1 heterocycles. The van der Waals surface area contributed by atoms with Crippen molar-refractivity contribution in [3.63, 3.8) is 0 Å². The smallest absolute Gasteiger partial charge is 0.0950 e. The van der Waals surface area contributed by atoms with E-state index in [4.69, 9.17) is 10.2 Å². The Morgan fingerprint density at radius 3 is 2.60 bits per heavy atom. The summed E-state index contributed by atoms with van der Waals surface area (Å²) in [4.78, 5) is 2.42. The maximum Gasteiger partial charge on any atom is 0.0950 e. The SMILES string of the molecule is CCCN(C(C)C)C(CN)c1ccoc1. The van der Waals surface area contributed by atoms with Gasteiger partial charge in [0.05, 0.1) is 18.6 Å². The van der Waals surface area contributed by atoms with Crippen molar-refractivity contribution in [3.8, 4) is 0 Å². The lowest BCUT2D eigenvalue weighted by atomic mass is 10.1. The zero-order chi connectivity index (χ0) is 11.3. The van der Waals surface area contributed by atoms with Gasteiger partial charge in [-0.05, 0) is 32.9 Å². The van der Waals surface area contributed by atoms with Gasteiger partial charge in [0.1, 0.15) is 0 Å². The largest absolute Gasteiger partial charge is 0.472 e. The van der Waals surface area contributed by atoms with Crippen LogP contribution in [0.5, 0.6) is 0 Å². The lowest BCUT2D eigenvalue weighted by Crippen LogP contribution is -2.39. The van der Waals surface area contributed by atoms with Crippen molar-refractivity contribution >= 4 is 0 Å². The second-order valence-corrected chi connectivity index (χ2v) is 4.14. The van der Waals surface area contributed by atoms with E-state index in [0.717, 1.165) is 13.0 Å². The summed E-state index contributed by atoms with van der Waals surface area (Å²) in [5.41, 5.74) is 7.03. The maximum atomic E-state index is 5.85. The Kier molecular flexibility index (Phi) is 4.85. The molecule has 0 saturated carbocycles. The molecule has 1 atom stereocenters. The van der Waals surface area contributed by atoms with Crippen LogP contribution in [0.4, 0.5) is 0 Å². The van der Waals surface area contributed by atoms with Gasteiger partial charge in [-0.1, -0.05) is 6.92 Å². The number of hydrogen-bond acceptors (Lipinski definition) is 3. The van der Waals surface area contributed by atoms with Crippen LogP contribution in [0.1, 0.15) is 38.8 Å². The molecule has 1 aromatic rings. The third-order valence-corrected chi connectivity index (χ3v) is 2.70. The minimum absolute atomic E-state index is 0.281. The minimum Gasteiger partial charge on any atom is -0.472 e.